The van der Waals surface area contributed by atoms with Crippen molar-refractivity contribution in [3.05, 3.63) is 74.8 Å². The Morgan fingerprint density at radius 1 is 1.18 bits per heavy atom. The second-order valence-corrected chi connectivity index (χ2v) is 7.04. The third-order valence-corrected chi connectivity index (χ3v) is 5.03. The lowest BCUT2D eigenvalue weighted by molar-refractivity contribution is -0.119. The number of nitrogens with one attached hydrogen (secondary N) is 1. The zero-order valence-corrected chi connectivity index (χ0v) is 16.8. The van der Waals surface area contributed by atoms with E-state index >= 15 is 0 Å². The highest BCUT2D eigenvalue weighted by Gasteiger charge is 2.22. The van der Waals surface area contributed by atoms with Gasteiger partial charge in [-0.3, -0.25) is 4.79 Å². The summed E-state index contributed by atoms with van der Waals surface area (Å²) in [6, 6.07) is 11.4. The molecule has 2 aromatic carbocycles. The first-order valence-electron chi connectivity index (χ1n) is 8.68. The zero-order valence-electron chi connectivity index (χ0n) is 15.3. The number of hydrogen-bond acceptors (Lipinski definition) is 4. The molecule has 0 fully saturated rings. The average Bonchev–Trinajstić information content (AvgIpc) is 2.68. The van der Waals surface area contributed by atoms with Gasteiger partial charge in [-0.25, -0.2) is 9.48 Å². The third-order valence-electron chi connectivity index (χ3n) is 4.37. The molecule has 0 aliphatic carbocycles. The van der Waals surface area contributed by atoms with Crippen molar-refractivity contribution in [2.75, 3.05) is 5.32 Å². The van der Waals surface area contributed by atoms with Gasteiger partial charge in [-0.15, -0.1) is 0 Å². The van der Waals surface area contributed by atoms with E-state index in [1.54, 1.807) is 49.4 Å². The topological polar surface area (TPSA) is 76.9 Å². The predicted octanol–water partition coefficient (Wildman–Crippen LogP) is 4.51. The number of benzene rings is 2. The number of rotatable bonds is 5. The van der Waals surface area contributed by atoms with E-state index in [1.165, 1.54) is 6.20 Å². The van der Waals surface area contributed by atoms with E-state index in [9.17, 15) is 9.59 Å². The molecule has 0 bridgehead atoms. The van der Waals surface area contributed by atoms with Crippen molar-refractivity contribution in [2.24, 2.45) is 0 Å². The van der Waals surface area contributed by atoms with Crippen molar-refractivity contribution >= 4 is 34.8 Å². The smallest absolute Gasteiger partial charge is 0.324 e. The maximum absolute atomic E-state index is 12.8. The summed E-state index contributed by atoms with van der Waals surface area (Å²) in [7, 11) is 0. The Hall–Kier alpha value is -2.70. The van der Waals surface area contributed by atoms with E-state index in [0.29, 0.717) is 33.4 Å². The van der Waals surface area contributed by atoms with Gasteiger partial charge in [0.2, 0.25) is 5.91 Å². The fourth-order valence-corrected chi connectivity index (χ4v) is 3.05. The molecule has 0 saturated heterocycles. The van der Waals surface area contributed by atoms with Gasteiger partial charge < -0.3 is 5.32 Å². The van der Waals surface area contributed by atoms with Crippen LogP contribution in [0.4, 0.5) is 5.69 Å². The first-order valence-corrected chi connectivity index (χ1v) is 9.44. The SMILES string of the molecule is CCC(C(=O)Nc1cccc(Cl)c1C)n1ncc(-c2ccc(Cl)cc2)nc1=O. The Kier molecular flexibility index (Phi) is 6.11. The molecule has 8 heteroatoms. The van der Waals surface area contributed by atoms with Gasteiger partial charge in [0.15, 0.2) is 0 Å². The van der Waals surface area contributed by atoms with E-state index in [1.807, 2.05) is 6.92 Å². The number of carbonyl (C=O) groups excluding carboxylic acids is 1. The molecule has 1 heterocycles. The van der Waals surface area contributed by atoms with Gasteiger partial charge in [0.05, 0.1) is 11.9 Å². The van der Waals surface area contributed by atoms with Gasteiger partial charge in [-0.2, -0.15) is 10.1 Å². The van der Waals surface area contributed by atoms with E-state index < -0.39 is 11.7 Å². The van der Waals surface area contributed by atoms with Gasteiger partial charge in [0, 0.05) is 21.3 Å². The lowest BCUT2D eigenvalue weighted by Gasteiger charge is -2.17. The monoisotopic (exact) mass is 416 g/mol. The molecule has 3 aromatic rings. The minimum Gasteiger partial charge on any atom is -0.324 e. The van der Waals surface area contributed by atoms with Crippen LogP contribution < -0.4 is 11.0 Å². The second-order valence-electron chi connectivity index (χ2n) is 6.20. The van der Waals surface area contributed by atoms with Crippen LogP contribution in [0.15, 0.2) is 53.5 Å². The number of hydrogen-bond donors (Lipinski definition) is 1. The van der Waals surface area contributed by atoms with Crippen LogP contribution in [0.5, 0.6) is 0 Å². The fraction of sp³-hybridized carbons (Fsp3) is 0.200. The quantitative estimate of drug-likeness (QED) is 0.663. The molecule has 1 atom stereocenters. The summed E-state index contributed by atoms with van der Waals surface area (Å²) in [6.45, 7) is 3.61. The highest BCUT2D eigenvalue weighted by atomic mass is 35.5. The summed E-state index contributed by atoms with van der Waals surface area (Å²) < 4.78 is 1.09. The summed E-state index contributed by atoms with van der Waals surface area (Å²) in [5.41, 5.74) is 1.88. The van der Waals surface area contributed by atoms with Crippen LogP contribution >= 0.6 is 23.2 Å². The Bertz CT molecular complexity index is 1060. The van der Waals surface area contributed by atoms with Gasteiger partial charge in [0.1, 0.15) is 6.04 Å². The van der Waals surface area contributed by atoms with Gasteiger partial charge in [-0.05, 0) is 43.2 Å². The third kappa shape index (κ3) is 4.24. The Morgan fingerprint density at radius 3 is 2.54 bits per heavy atom. The van der Waals surface area contributed by atoms with Crippen molar-refractivity contribution in [3.63, 3.8) is 0 Å². The number of aromatic nitrogens is 3. The molecule has 144 valence electrons. The van der Waals surface area contributed by atoms with Crippen molar-refractivity contribution in [2.45, 2.75) is 26.3 Å². The minimum absolute atomic E-state index is 0.358. The van der Waals surface area contributed by atoms with Gasteiger partial charge in [-0.1, -0.05) is 48.3 Å². The van der Waals surface area contributed by atoms with Crippen LogP contribution in [0.2, 0.25) is 10.0 Å². The van der Waals surface area contributed by atoms with E-state index in [4.69, 9.17) is 23.2 Å². The van der Waals surface area contributed by atoms with Crippen LogP contribution in [0.3, 0.4) is 0 Å². The van der Waals surface area contributed by atoms with E-state index in [-0.39, 0.29) is 5.91 Å². The highest BCUT2D eigenvalue weighted by Crippen LogP contribution is 2.24. The molecular weight excluding hydrogens is 399 g/mol. The van der Waals surface area contributed by atoms with Crippen LogP contribution in [0.1, 0.15) is 24.9 Å². The maximum Gasteiger partial charge on any atom is 0.365 e. The van der Waals surface area contributed by atoms with Crippen molar-refractivity contribution < 1.29 is 4.79 Å². The zero-order chi connectivity index (χ0) is 20.3. The summed E-state index contributed by atoms with van der Waals surface area (Å²) in [5, 5.41) is 8.13. The van der Waals surface area contributed by atoms with Crippen molar-refractivity contribution in [1.82, 2.24) is 14.8 Å². The minimum atomic E-state index is -0.794. The Balaban J connectivity index is 1.87. The summed E-state index contributed by atoms with van der Waals surface area (Å²) in [4.78, 5) is 29.3. The van der Waals surface area contributed by atoms with Crippen LogP contribution in [-0.4, -0.2) is 20.7 Å². The largest absolute Gasteiger partial charge is 0.365 e. The molecule has 0 saturated carbocycles. The lowest BCUT2D eigenvalue weighted by atomic mass is 10.1. The Morgan fingerprint density at radius 2 is 1.89 bits per heavy atom. The molecule has 6 nitrogen and oxygen atoms in total. The summed E-state index contributed by atoms with van der Waals surface area (Å²) in [6.07, 6.45) is 1.84. The molecule has 1 aromatic heterocycles. The molecule has 0 radical (unpaired) electrons. The van der Waals surface area contributed by atoms with E-state index in [0.717, 1.165) is 10.2 Å². The van der Waals surface area contributed by atoms with Gasteiger partial charge >= 0.3 is 5.69 Å². The molecule has 1 unspecified atom stereocenters. The first kappa shape index (κ1) is 20.0. The highest BCUT2D eigenvalue weighted by molar-refractivity contribution is 6.31. The molecular formula is C20H18Cl2N4O2. The van der Waals surface area contributed by atoms with Crippen LogP contribution in [0.25, 0.3) is 11.3 Å². The number of halogens is 2. The number of anilines is 1. The molecule has 3 rings (SSSR count). The van der Waals surface area contributed by atoms with Crippen LogP contribution in [-0.2, 0) is 4.79 Å². The average molecular weight is 417 g/mol. The predicted molar refractivity (Wildman–Crippen MR) is 111 cm³/mol. The molecule has 28 heavy (non-hydrogen) atoms. The molecule has 1 amide bonds. The molecule has 0 aliphatic rings. The first-order chi connectivity index (χ1) is 13.4. The standard InChI is InChI=1S/C20H18Cl2N4O2/c1-3-18(19(27)24-16-6-4-5-15(22)12(16)2)26-20(28)25-17(11-23-26)13-7-9-14(21)10-8-13/h4-11,18H,3H2,1-2H3,(H,24,27). The summed E-state index contributed by atoms with van der Waals surface area (Å²) in [5.74, 6) is -0.358. The van der Waals surface area contributed by atoms with Crippen molar-refractivity contribution in [1.29, 1.82) is 0 Å². The maximum atomic E-state index is 12.8. The molecule has 0 aliphatic heterocycles. The van der Waals surface area contributed by atoms with Gasteiger partial charge in [0.25, 0.3) is 0 Å². The lowest BCUT2D eigenvalue weighted by Crippen LogP contribution is -2.36. The number of nitrogens with zero attached hydrogens (tertiary/aromatic N) is 3. The normalized spacial score (nSPS) is 11.9. The second kappa shape index (κ2) is 8.54. The van der Waals surface area contributed by atoms with E-state index in [2.05, 4.69) is 15.4 Å². The molecule has 0 spiro atoms. The number of carbonyl (C=O) groups is 1. The fourth-order valence-electron chi connectivity index (χ4n) is 2.75. The Labute approximate surface area is 172 Å². The number of amides is 1. The molecule has 1 N–H and O–H groups in total. The summed E-state index contributed by atoms with van der Waals surface area (Å²) >= 11 is 12.0. The van der Waals surface area contributed by atoms with Crippen LogP contribution in [0, 0.1) is 6.92 Å². The van der Waals surface area contributed by atoms with Crippen molar-refractivity contribution in [3.8, 4) is 11.3 Å².